The molecule has 2 aromatic heterocycles. The third kappa shape index (κ3) is 15.7. The molecule has 384 valence electrons. The maximum atomic E-state index is 14.0. The molecule has 0 unspecified atom stereocenters. The number of carboxylic acid groups (broad SMARTS) is 1. The number of H-pyrrole nitrogens is 1. The standard InChI is InChI=1S/C48H48N12O13S/c1-27(2)43-48(69)58-36(25-51-40(61)22-39-54-32-9-4-5-10-33(32)55-39)45(66)52-26-41(62)56-35(21-42(63)64)46(67)57-34(47(68)59-43)20-28-12-15-31(16-13-28)73-19-7-18-49-44(65)30-14-17-38(50-23-30)60-53-24-29-8-3-6-11-37(29)74(70,71)72/h3-6,8-17,21,23-25,34H,7,18-20,22,26H2,1-2H3,(H,49,65)(H,50,60)(H,51,61)(H,52,66)(H,54,55)(H,56,62)(H,57,67)(H,58,69)(H,59,68)(H,63,64)(H,70,71,72)/b35-21+,36-25-,53-24+/t34-/m1/s1. The molecule has 1 saturated heterocycles. The predicted octanol–water partition coefficient (Wildman–Crippen LogP) is 0.818. The number of fused-ring (bicyclic) bond motifs is 1. The Morgan fingerprint density at radius 2 is 1.62 bits per heavy atom. The Hall–Kier alpha value is -9.56. The highest BCUT2D eigenvalue weighted by Gasteiger charge is 2.28. The monoisotopic (exact) mass is 1030 g/mol. The minimum absolute atomic E-state index is 0.142. The van der Waals surface area contributed by atoms with E-state index < -0.39 is 81.4 Å². The number of aliphatic carboxylic acids is 1. The lowest BCUT2D eigenvalue weighted by molar-refractivity contribution is -0.132. The number of aromatic amines is 1. The van der Waals surface area contributed by atoms with E-state index in [0.717, 1.165) is 6.20 Å². The topological polar surface area (TPSA) is 371 Å². The number of hydrogen-bond acceptors (Lipinski definition) is 15. The van der Waals surface area contributed by atoms with Crippen molar-refractivity contribution >= 4 is 80.5 Å². The Bertz CT molecular complexity index is 3190. The fourth-order valence-corrected chi connectivity index (χ4v) is 7.36. The van der Waals surface area contributed by atoms with Crippen LogP contribution in [0, 0.1) is 0 Å². The SMILES string of the molecule is CC(C)=C1NC(=O)[C@@H](Cc2ccc(OCCCNC(=O)c3ccc(N/N=C/c4ccccc4S(=O)(=O)O)nc3)cc2)NC(=O)/C(=C\C(=O)O)NC(=O)CNC(=O)/C(=C/NC(=O)Cc2nc3ccccc3[nH]2)NC1=O. The third-order valence-electron chi connectivity index (χ3n) is 10.3. The third-order valence-corrected chi connectivity index (χ3v) is 11.2. The molecule has 3 aromatic carbocycles. The zero-order valence-electron chi connectivity index (χ0n) is 39.3. The van der Waals surface area contributed by atoms with Gasteiger partial charge in [-0.25, -0.2) is 14.8 Å². The number of allylic oxidation sites excluding steroid dienone is 1. The van der Waals surface area contributed by atoms with E-state index in [1.54, 1.807) is 54.6 Å². The van der Waals surface area contributed by atoms with Crippen molar-refractivity contribution in [1.29, 1.82) is 0 Å². The number of carbonyl (C=O) groups excluding carboxylic acids is 7. The van der Waals surface area contributed by atoms with Crippen LogP contribution in [0.1, 0.15) is 47.6 Å². The number of hydrazone groups is 1. The summed E-state index contributed by atoms with van der Waals surface area (Å²) in [6.45, 7) is 2.52. The summed E-state index contributed by atoms with van der Waals surface area (Å²) in [4.78, 5) is 116. The molecule has 1 fully saturated rings. The highest BCUT2D eigenvalue weighted by atomic mass is 32.2. The molecule has 26 heteroatoms. The van der Waals surface area contributed by atoms with Crippen molar-refractivity contribution in [2.45, 2.75) is 44.0 Å². The van der Waals surface area contributed by atoms with Gasteiger partial charge in [0.2, 0.25) is 17.7 Å². The predicted molar refractivity (Wildman–Crippen MR) is 264 cm³/mol. The molecule has 11 N–H and O–H groups in total. The van der Waals surface area contributed by atoms with E-state index in [0.29, 0.717) is 40.7 Å². The number of aromatic nitrogens is 3. The first kappa shape index (κ1) is 53.8. The molecule has 0 radical (unpaired) electrons. The molecular formula is C48H48N12O13S. The second kappa shape index (κ2) is 25.0. The lowest BCUT2D eigenvalue weighted by atomic mass is 10.0. The lowest BCUT2D eigenvalue weighted by Gasteiger charge is -2.21. The number of anilines is 1. The van der Waals surface area contributed by atoms with Crippen molar-refractivity contribution in [3.05, 3.63) is 149 Å². The Morgan fingerprint density at radius 3 is 2.32 bits per heavy atom. The summed E-state index contributed by atoms with van der Waals surface area (Å²) in [6.07, 6.45) is 3.68. The van der Waals surface area contributed by atoms with Gasteiger partial charge in [-0.15, -0.1) is 0 Å². The van der Waals surface area contributed by atoms with Crippen molar-refractivity contribution in [2.24, 2.45) is 5.10 Å². The van der Waals surface area contributed by atoms with Crippen LogP contribution in [0.2, 0.25) is 0 Å². The summed E-state index contributed by atoms with van der Waals surface area (Å²) in [5.41, 5.74) is 3.32. The van der Waals surface area contributed by atoms with E-state index in [-0.39, 0.29) is 59.1 Å². The van der Waals surface area contributed by atoms with Crippen LogP contribution in [0.25, 0.3) is 11.0 Å². The molecule has 0 bridgehead atoms. The van der Waals surface area contributed by atoms with Crippen LogP contribution in [-0.2, 0) is 56.5 Å². The summed E-state index contributed by atoms with van der Waals surface area (Å²) < 4.78 is 38.4. The van der Waals surface area contributed by atoms with E-state index >= 15 is 0 Å². The lowest BCUT2D eigenvalue weighted by Crippen LogP contribution is -2.51. The van der Waals surface area contributed by atoms with Gasteiger partial charge >= 0.3 is 5.97 Å². The average molecular weight is 1030 g/mol. The molecule has 1 aliphatic heterocycles. The first-order valence-electron chi connectivity index (χ1n) is 22.2. The van der Waals surface area contributed by atoms with E-state index in [1.807, 2.05) is 0 Å². The molecule has 7 amide bonds. The number of hydrogen-bond donors (Lipinski definition) is 11. The first-order chi connectivity index (χ1) is 35.3. The van der Waals surface area contributed by atoms with E-state index in [9.17, 15) is 56.4 Å². The quantitative estimate of drug-likeness (QED) is 0.0214. The van der Waals surface area contributed by atoms with Crippen molar-refractivity contribution in [3.8, 4) is 5.75 Å². The van der Waals surface area contributed by atoms with Crippen LogP contribution in [-0.4, -0.2) is 112 Å². The normalized spacial score (nSPS) is 16.0. The van der Waals surface area contributed by atoms with Gasteiger partial charge in [0.25, 0.3) is 33.7 Å². The van der Waals surface area contributed by atoms with Crippen LogP contribution >= 0.6 is 0 Å². The maximum absolute atomic E-state index is 14.0. The molecule has 74 heavy (non-hydrogen) atoms. The number of benzene rings is 3. The van der Waals surface area contributed by atoms with Crippen LogP contribution in [0.3, 0.4) is 0 Å². The van der Waals surface area contributed by atoms with Crippen LogP contribution in [0.5, 0.6) is 5.75 Å². The molecule has 25 nitrogen and oxygen atoms in total. The number of carboxylic acids is 1. The Morgan fingerprint density at radius 1 is 0.878 bits per heavy atom. The van der Waals surface area contributed by atoms with Gasteiger partial charge in [-0.05, 0) is 73.9 Å². The zero-order chi connectivity index (χ0) is 53.4. The molecule has 5 aromatic rings. The molecule has 1 aliphatic rings. The summed E-state index contributed by atoms with van der Waals surface area (Å²) in [6, 6.07) is 20.6. The number of imidazole rings is 1. The number of nitrogens with one attached hydrogen (secondary N) is 9. The fraction of sp³-hybridized carbons (Fsp3) is 0.188. The molecule has 0 saturated carbocycles. The van der Waals surface area contributed by atoms with Gasteiger partial charge in [-0.1, -0.05) is 42.5 Å². The van der Waals surface area contributed by atoms with E-state index in [4.69, 9.17) is 4.74 Å². The number of para-hydroxylation sites is 2. The molecular weight excluding hydrogens is 985 g/mol. The number of ether oxygens (including phenoxy) is 1. The van der Waals surface area contributed by atoms with E-state index in [1.165, 1.54) is 56.6 Å². The first-order valence-corrected chi connectivity index (χ1v) is 23.6. The number of carbonyl (C=O) groups is 8. The average Bonchev–Trinajstić information content (AvgIpc) is 3.77. The minimum atomic E-state index is -4.46. The van der Waals surface area contributed by atoms with Gasteiger partial charge in [0.1, 0.15) is 45.4 Å². The second-order valence-corrected chi connectivity index (χ2v) is 17.5. The van der Waals surface area contributed by atoms with Crippen molar-refractivity contribution in [2.75, 3.05) is 25.1 Å². The van der Waals surface area contributed by atoms with Crippen LogP contribution in [0.15, 0.2) is 136 Å². The van der Waals surface area contributed by atoms with Crippen molar-refractivity contribution in [3.63, 3.8) is 0 Å². The molecule has 6 rings (SSSR count). The van der Waals surface area contributed by atoms with Crippen molar-refractivity contribution < 1.29 is 61.2 Å². The smallest absolute Gasteiger partial charge is 0.330 e. The Kier molecular flexibility index (Phi) is 18.2. The minimum Gasteiger partial charge on any atom is -0.494 e. The highest BCUT2D eigenvalue weighted by Crippen LogP contribution is 2.17. The maximum Gasteiger partial charge on any atom is 0.330 e. The zero-order valence-corrected chi connectivity index (χ0v) is 40.2. The van der Waals surface area contributed by atoms with Gasteiger partial charge in [-0.2, -0.15) is 13.5 Å². The van der Waals surface area contributed by atoms with Gasteiger partial charge < -0.3 is 52.0 Å². The number of amides is 7. The fourth-order valence-electron chi connectivity index (χ4n) is 6.69. The van der Waals surface area contributed by atoms with E-state index in [2.05, 4.69) is 62.7 Å². The number of nitrogens with zero attached hydrogens (tertiary/aromatic N) is 3. The number of rotatable bonds is 16. The molecule has 0 spiro atoms. The summed E-state index contributed by atoms with van der Waals surface area (Å²) >= 11 is 0. The summed E-state index contributed by atoms with van der Waals surface area (Å²) in [7, 11) is -4.46. The second-order valence-electron chi connectivity index (χ2n) is 16.1. The molecule has 3 heterocycles. The van der Waals surface area contributed by atoms with Crippen molar-refractivity contribution in [1.82, 2.24) is 52.2 Å². The van der Waals surface area contributed by atoms with Crippen LogP contribution < -0.4 is 47.4 Å². The van der Waals surface area contributed by atoms with Gasteiger partial charge in [-0.3, -0.25) is 43.5 Å². The van der Waals surface area contributed by atoms with Gasteiger partial charge in [0, 0.05) is 30.9 Å². The summed E-state index contributed by atoms with van der Waals surface area (Å²) in [5, 5.41) is 30.2. The summed E-state index contributed by atoms with van der Waals surface area (Å²) in [5.74, 6) is -7.04. The van der Waals surface area contributed by atoms with Gasteiger partial charge in [0.15, 0.2) is 0 Å². The Labute approximate surface area is 421 Å². The van der Waals surface area contributed by atoms with Crippen LogP contribution in [0.4, 0.5) is 5.82 Å². The number of pyridine rings is 1. The largest absolute Gasteiger partial charge is 0.494 e. The molecule has 1 atom stereocenters. The molecule has 0 aliphatic carbocycles. The highest BCUT2D eigenvalue weighted by molar-refractivity contribution is 7.86. The van der Waals surface area contributed by atoms with Gasteiger partial charge in [0.05, 0.1) is 48.5 Å². The Balaban J connectivity index is 1.06.